The SMILES string of the molecule is CC(C)CCC(=O)C12C[C@@H]3[C@H](C)CC[C@H]3C3(C=O)CC1C=C(C(C)C)[C@@]23C(=O)O. The molecule has 0 radical (unpaired) electrons. The van der Waals surface area contributed by atoms with E-state index in [4.69, 9.17) is 0 Å². The Morgan fingerprint density at radius 3 is 2.45 bits per heavy atom. The van der Waals surface area contributed by atoms with Crippen LogP contribution in [0.5, 0.6) is 0 Å². The normalized spacial score (nSPS) is 44.9. The average Bonchev–Trinajstić information content (AvgIpc) is 3.23. The fourth-order valence-electron chi connectivity index (χ4n) is 8.35. The van der Waals surface area contributed by atoms with E-state index in [9.17, 15) is 19.5 Å². The van der Waals surface area contributed by atoms with E-state index in [0.717, 1.165) is 31.1 Å². The molecule has 0 aromatic heterocycles. The zero-order valence-electron chi connectivity index (χ0n) is 18.5. The van der Waals surface area contributed by atoms with E-state index >= 15 is 0 Å². The highest BCUT2D eigenvalue weighted by atomic mass is 16.4. The zero-order chi connectivity index (χ0) is 21.4. The molecule has 29 heavy (non-hydrogen) atoms. The first-order chi connectivity index (χ1) is 13.6. The minimum Gasteiger partial charge on any atom is -0.481 e. The molecule has 0 spiro atoms. The van der Waals surface area contributed by atoms with Crippen LogP contribution < -0.4 is 0 Å². The summed E-state index contributed by atoms with van der Waals surface area (Å²) in [4.78, 5) is 40.1. The third-order valence-electron chi connectivity index (χ3n) is 9.37. The molecule has 4 aliphatic rings. The summed E-state index contributed by atoms with van der Waals surface area (Å²) in [5, 5.41) is 10.8. The van der Waals surface area contributed by atoms with E-state index in [0.29, 0.717) is 31.1 Å². The summed E-state index contributed by atoms with van der Waals surface area (Å²) < 4.78 is 0. The number of hydrogen-bond acceptors (Lipinski definition) is 3. The topological polar surface area (TPSA) is 71.4 Å². The maximum Gasteiger partial charge on any atom is 0.315 e. The lowest BCUT2D eigenvalue weighted by Crippen LogP contribution is -2.64. The van der Waals surface area contributed by atoms with Crippen molar-refractivity contribution in [1.29, 1.82) is 0 Å². The van der Waals surface area contributed by atoms with E-state index in [-0.39, 0.29) is 29.5 Å². The Balaban J connectivity index is 1.97. The smallest absolute Gasteiger partial charge is 0.315 e. The largest absolute Gasteiger partial charge is 0.481 e. The Kier molecular flexibility index (Phi) is 4.68. The van der Waals surface area contributed by atoms with Gasteiger partial charge in [0, 0.05) is 6.42 Å². The summed E-state index contributed by atoms with van der Waals surface area (Å²) in [7, 11) is 0. The van der Waals surface area contributed by atoms with Crippen LogP contribution in [-0.2, 0) is 14.4 Å². The molecule has 4 rings (SSSR count). The van der Waals surface area contributed by atoms with Crippen molar-refractivity contribution in [2.45, 2.75) is 73.1 Å². The van der Waals surface area contributed by atoms with Crippen molar-refractivity contribution in [1.82, 2.24) is 0 Å². The van der Waals surface area contributed by atoms with Crippen LogP contribution in [0.15, 0.2) is 11.6 Å². The zero-order valence-corrected chi connectivity index (χ0v) is 18.5. The molecular formula is C25H36O4. The Labute approximate surface area is 174 Å². The van der Waals surface area contributed by atoms with E-state index < -0.39 is 22.2 Å². The van der Waals surface area contributed by atoms with Gasteiger partial charge in [-0.15, -0.1) is 0 Å². The predicted octanol–water partition coefficient (Wildman–Crippen LogP) is 4.92. The number of fused-ring (bicyclic) bond motifs is 2. The lowest BCUT2D eigenvalue weighted by atomic mass is 9.42. The molecule has 3 unspecified atom stereocenters. The van der Waals surface area contributed by atoms with Crippen molar-refractivity contribution in [3.8, 4) is 0 Å². The van der Waals surface area contributed by atoms with Gasteiger partial charge in [-0.2, -0.15) is 0 Å². The van der Waals surface area contributed by atoms with Gasteiger partial charge in [0.05, 0.1) is 10.8 Å². The minimum atomic E-state index is -1.35. The molecule has 1 N–H and O–H groups in total. The summed E-state index contributed by atoms with van der Waals surface area (Å²) in [5.74, 6) is 0.285. The molecule has 0 amide bonds. The molecule has 4 heteroatoms. The Bertz CT molecular complexity index is 780. The van der Waals surface area contributed by atoms with Crippen molar-refractivity contribution in [3.05, 3.63) is 11.6 Å². The van der Waals surface area contributed by atoms with Gasteiger partial charge >= 0.3 is 5.97 Å². The number of carbonyl (C=O) groups is 3. The molecule has 0 aliphatic heterocycles. The molecule has 3 saturated carbocycles. The minimum absolute atomic E-state index is 0.0170. The van der Waals surface area contributed by atoms with E-state index in [1.807, 2.05) is 13.8 Å². The van der Waals surface area contributed by atoms with Crippen LogP contribution in [0, 0.1) is 51.8 Å². The number of Topliss-reactive ketones (excluding diaryl/α,β-unsaturated/α-hetero) is 1. The number of allylic oxidation sites excluding steroid dienone is 1. The van der Waals surface area contributed by atoms with Gasteiger partial charge in [0.1, 0.15) is 17.5 Å². The van der Waals surface area contributed by atoms with Crippen LogP contribution in [0.1, 0.15) is 73.1 Å². The van der Waals surface area contributed by atoms with Gasteiger partial charge in [-0.25, -0.2) is 0 Å². The molecule has 0 heterocycles. The van der Waals surface area contributed by atoms with Gasteiger partial charge in [0.25, 0.3) is 0 Å². The second kappa shape index (κ2) is 6.52. The van der Waals surface area contributed by atoms with Gasteiger partial charge in [0.2, 0.25) is 0 Å². The highest BCUT2D eigenvalue weighted by Crippen LogP contribution is 2.83. The van der Waals surface area contributed by atoms with Crippen molar-refractivity contribution in [2.24, 2.45) is 51.8 Å². The first-order valence-electron chi connectivity index (χ1n) is 11.5. The van der Waals surface area contributed by atoms with Gasteiger partial charge in [0.15, 0.2) is 0 Å². The summed E-state index contributed by atoms with van der Waals surface area (Å²) in [5.41, 5.74) is -2.36. The van der Waals surface area contributed by atoms with Gasteiger partial charge in [-0.3, -0.25) is 9.59 Å². The molecule has 4 nitrogen and oxygen atoms in total. The van der Waals surface area contributed by atoms with Crippen molar-refractivity contribution >= 4 is 18.0 Å². The maximum absolute atomic E-state index is 14.0. The predicted molar refractivity (Wildman–Crippen MR) is 111 cm³/mol. The Morgan fingerprint density at radius 1 is 1.21 bits per heavy atom. The summed E-state index contributed by atoms with van der Waals surface area (Å²) >= 11 is 0. The van der Waals surface area contributed by atoms with Crippen LogP contribution in [0.25, 0.3) is 0 Å². The molecule has 0 saturated heterocycles. The maximum atomic E-state index is 14.0. The number of aliphatic carboxylic acids is 1. The standard InChI is InChI=1S/C25H36O4/c1-14(2)6-9-21(27)24-12-18-16(5)7-8-19(18)23(13-26)11-17(24)10-20(15(3)4)25(23,24)22(28)29/h10,13-19H,6-9,11-12H2,1-5H3,(H,28,29)/t16-,17?,18-,19-,23?,24?,25+/m1/s1. The number of hydrogen-bond donors (Lipinski definition) is 1. The highest BCUT2D eigenvalue weighted by Gasteiger charge is 2.85. The van der Waals surface area contributed by atoms with E-state index in [1.165, 1.54) is 0 Å². The molecule has 0 aromatic carbocycles. The Morgan fingerprint density at radius 2 is 1.90 bits per heavy atom. The molecule has 4 aliphatic carbocycles. The third-order valence-corrected chi connectivity index (χ3v) is 9.37. The van der Waals surface area contributed by atoms with Crippen molar-refractivity contribution in [2.75, 3.05) is 0 Å². The second-order valence-corrected chi connectivity index (χ2v) is 11.2. The average molecular weight is 401 g/mol. The molecule has 0 aromatic rings. The second-order valence-electron chi connectivity index (χ2n) is 11.2. The highest BCUT2D eigenvalue weighted by molar-refractivity contribution is 6.01. The lowest BCUT2D eigenvalue weighted by molar-refractivity contribution is -0.183. The first kappa shape index (κ1) is 20.8. The molecule has 3 fully saturated rings. The summed E-state index contributed by atoms with van der Waals surface area (Å²) in [6, 6.07) is 0. The monoisotopic (exact) mass is 400 g/mol. The van der Waals surface area contributed by atoms with Crippen molar-refractivity contribution in [3.63, 3.8) is 0 Å². The van der Waals surface area contributed by atoms with Gasteiger partial charge < -0.3 is 9.90 Å². The number of carbonyl (C=O) groups excluding carboxylic acids is 2. The number of ketones is 1. The van der Waals surface area contributed by atoms with E-state index in [2.05, 4.69) is 26.8 Å². The molecule has 7 atom stereocenters. The summed E-state index contributed by atoms with van der Waals surface area (Å²) in [6.07, 6.45) is 7.43. The fraction of sp³-hybridized carbons (Fsp3) is 0.800. The fourth-order valence-corrected chi connectivity index (χ4v) is 8.35. The van der Waals surface area contributed by atoms with Gasteiger partial charge in [-0.05, 0) is 61.2 Å². The van der Waals surface area contributed by atoms with Crippen LogP contribution in [0.4, 0.5) is 0 Å². The van der Waals surface area contributed by atoms with Crippen LogP contribution >= 0.6 is 0 Å². The third kappa shape index (κ3) is 2.19. The number of carboxylic acid groups (broad SMARTS) is 1. The first-order valence-corrected chi connectivity index (χ1v) is 11.5. The lowest BCUT2D eigenvalue weighted by Gasteiger charge is -2.57. The number of rotatable bonds is 7. The van der Waals surface area contributed by atoms with Crippen molar-refractivity contribution < 1.29 is 19.5 Å². The van der Waals surface area contributed by atoms with Gasteiger partial charge in [-0.1, -0.05) is 52.7 Å². The summed E-state index contributed by atoms with van der Waals surface area (Å²) in [6.45, 7) is 10.5. The number of carboxylic acids is 1. The van der Waals surface area contributed by atoms with E-state index in [1.54, 1.807) is 0 Å². The number of aldehydes is 1. The molecular weight excluding hydrogens is 364 g/mol. The van der Waals surface area contributed by atoms with Crippen LogP contribution in [0.2, 0.25) is 0 Å². The molecule has 160 valence electrons. The Hall–Kier alpha value is -1.45. The quantitative estimate of drug-likeness (QED) is 0.486. The molecule has 4 bridgehead atoms. The van der Waals surface area contributed by atoms with Crippen LogP contribution in [-0.4, -0.2) is 23.1 Å². The van der Waals surface area contributed by atoms with Crippen LogP contribution in [0.3, 0.4) is 0 Å².